The van der Waals surface area contributed by atoms with E-state index >= 15 is 0 Å². The normalized spacial score (nSPS) is 21.4. The van der Waals surface area contributed by atoms with Crippen LogP contribution in [-0.4, -0.2) is 36.5 Å². The summed E-state index contributed by atoms with van der Waals surface area (Å²) in [5.41, 5.74) is 5.48. The number of hydrogen-bond donors (Lipinski definition) is 1. The van der Waals surface area contributed by atoms with Crippen LogP contribution in [0.2, 0.25) is 0 Å². The van der Waals surface area contributed by atoms with E-state index in [9.17, 15) is 4.79 Å². The number of benzene rings is 1. The first-order chi connectivity index (χ1) is 9.70. The summed E-state index contributed by atoms with van der Waals surface area (Å²) in [6.07, 6.45) is 3.03. The van der Waals surface area contributed by atoms with Crippen LogP contribution in [0.25, 0.3) is 0 Å². The summed E-state index contributed by atoms with van der Waals surface area (Å²) < 4.78 is 5.82. The number of para-hydroxylation sites is 1. The van der Waals surface area contributed by atoms with Crippen LogP contribution < -0.4 is 10.5 Å². The van der Waals surface area contributed by atoms with E-state index in [-0.39, 0.29) is 11.9 Å². The number of ether oxygens (including phenoxy) is 1. The van der Waals surface area contributed by atoms with Crippen LogP contribution in [0.4, 0.5) is 0 Å². The maximum Gasteiger partial charge on any atom is 0.234 e. The minimum absolute atomic E-state index is 0.130. The Labute approximate surface area is 120 Å². The van der Waals surface area contributed by atoms with Crippen molar-refractivity contribution in [2.24, 2.45) is 11.7 Å². The van der Waals surface area contributed by atoms with Gasteiger partial charge in [-0.2, -0.15) is 0 Å². The van der Waals surface area contributed by atoms with Gasteiger partial charge in [0.1, 0.15) is 5.75 Å². The van der Waals surface area contributed by atoms with Gasteiger partial charge in [0.15, 0.2) is 0 Å². The number of amides is 1. The van der Waals surface area contributed by atoms with Gasteiger partial charge in [0.05, 0.1) is 12.6 Å². The van der Waals surface area contributed by atoms with Gasteiger partial charge in [0, 0.05) is 12.5 Å². The van der Waals surface area contributed by atoms with E-state index in [1.54, 1.807) is 0 Å². The summed E-state index contributed by atoms with van der Waals surface area (Å²) in [4.78, 5) is 13.7. The molecule has 0 bridgehead atoms. The van der Waals surface area contributed by atoms with Gasteiger partial charge in [0.25, 0.3) is 0 Å². The molecule has 1 aromatic rings. The predicted octanol–water partition coefficient (Wildman–Crippen LogP) is 2.04. The van der Waals surface area contributed by atoms with Gasteiger partial charge in [-0.15, -0.1) is 0 Å². The molecule has 20 heavy (non-hydrogen) atoms. The average Bonchev–Trinajstić information content (AvgIpc) is 2.47. The second-order valence-corrected chi connectivity index (χ2v) is 5.45. The molecule has 2 rings (SSSR count). The molecule has 110 valence electrons. The molecule has 0 spiro atoms. The van der Waals surface area contributed by atoms with Gasteiger partial charge < -0.3 is 10.5 Å². The lowest BCUT2D eigenvalue weighted by Crippen LogP contribution is -2.49. The fourth-order valence-corrected chi connectivity index (χ4v) is 2.89. The number of nitrogens with zero attached hydrogens (tertiary/aromatic N) is 1. The summed E-state index contributed by atoms with van der Waals surface area (Å²) >= 11 is 0. The summed E-state index contributed by atoms with van der Waals surface area (Å²) in [6, 6.07) is 9.74. The molecule has 0 unspecified atom stereocenters. The SMILES string of the molecule is CC[C@@H](C(N)=O)N1CCC[C@@H](COc2ccccc2)C1. The van der Waals surface area contributed by atoms with Crippen molar-refractivity contribution in [1.29, 1.82) is 0 Å². The highest BCUT2D eigenvalue weighted by atomic mass is 16.5. The molecule has 4 nitrogen and oxygen atoms in total. The van der Waals surface area contributed by atoms with E-state index in [1.165, 1.54) is 0 Å². The number of primary amides is 1. The summed E-state index contributed by atoms with van der Waals surface area (Å²) in [5, 5.41) is 0. The fourth-order valence-electron chi connectivity index (χ4n) is 2.89. The molecule has 1 saturated heterocycles. The fraction of sp³-hybridized carbons (Fsp3) is 0.562. The van der Waals surface area contributed by atoms with Crippen molar-refractivity contribution in [2.75, 3.05) is 19.7 Å². The Hall–Kier alpha value is -1.55. The van der Waals surface area contributed by atoms with Crippen LogP contribution in [0.1, 0.15) is 26.2 Å². The first kappa shape index (κ1) is 14.9. The predicted molar refractivity (Wildman–Crippen MR) is 79.5 cm³/mol. The molecular weight excluding hydrogens is 252 g/mol. The van der Waals surface area contributed by atoms with Gasteiger partial charge >= 0.3 is 0 Å². The Morgan fingerprint density at radius 2 is 2.20 bits per heavy atom. The van der Waals surface area contributed by atoms with E-state index in [1.807, 2.05) is 37.3 Å². The molecule has 2 atom stereocenters. The third kappa shape index (κ3) is 3.97. The highest BCUT2D eigenvalue weighted by Crippen LogP contribution is 2.21. The van der Waals surface area contributed by atoms with Crippen molar-refractivity contribution in [2.45, 2.75) is 32.2 Å². The number of likely N-dealkylation sites (tertiary alicyclic amines) is 1. The van der Waals surface area contributed by atoms with Crippen LogP contribution in [0, 0.1) is 5.92 Å². The van der Waals surface area contributed by atoms with Crippen LogP contribution in [0.5, 0.6) is 5.75 Å². The first-order valence-electron chi connectivity index (χ1n) is 7.42. The minimum Gasteiger partial charge on any atom is -0.493 e. The van der Waals surface area contributed by atoms with Crippen molar-refractivity contribution >= 4 is 5.91 Å². The monoisotopic (exact) mass is 276 g/mol. The van der Waals surface area contributed by atoms with Gasteiger partial charge in [-0.3, -0.25) is 9.69 Å². The van der Waals surface area contributed by atoms with Crippen molar-refractivity contribution in [3.8, 4) is 5.75 Å². The lowest BCUT2D eigenvalue weighted by Gasteiger charge is -2.36. The standard InChI is InChI=1S/C16H24N2O2/c1-2-15(16(17)19)18-10-6-7-13(11-18)12-20-14-8-4-3-5-9-14/h3-5,8-9,13,15H,2,6-7,10-12H2,1H3,(H2,17,19)/t13-,15+/m1/s1. The molecular formula is C16H24N2O2. The zero-order valence-corrected chi connectivity index (χ0v) is 12.1. The molecule has 1 fully saturated rings. The molecule has 0 aliphatic carbocycles. The van der Waals surface area contributed by atoms with E-state index in [0.29, 0.717) is 12.5 Å². The quantitative estimate of drug-likeness (QED) is 0.865. The van der Waals surface area contributed by atoms with Crippen molar-refractivity contribution < 1.29 is 9.53 Å². The van der Waals surface area contributed by atoms with E-state index in [2.05, 4.69) is 4.90 Å². The number of rotatable bonds is 6. The lowest BCUT2D eigenvalue weighted by atomic mass is 9.96. The number of carbonyl (C=O) groups excluding carboxylic acids is 1. The number of carbonyl (C=O) groups is 1. The molecule has 4 heteroatoms. The molecule has 0 aromatic heterocycles. The van der Waals surface area contributed by atoms with Crippen LogP contribution in [-0.2, 0) is 4.79 Å². The Kier molecular flexibility index (Phi) is 5.41. The zero-order valence-electron chi connectivity index (χ0n) is 12.1. The van der Waals surface area contributed by atoms with E-state index in [4.69, 9.17) is 10.5 Å². The maximum absolute atomic E-state index is 11.5. The topological polar surface area (TPSA) is 55.6 Å². The molecule has 1 aromatic carbocycles. The molecule has 2 N–H and O–H groups in total. The Bertz CT molecular complexity index is 422. The van der Waals surface area contributed by atoms with Crippen LogP contribution >= 0.6 is 0 Å². The second-order valence-electron chi connectivity index (χ2n) is 5.45. The van der Waals surface area contributed by atoms with E-state index < -0.39 is 0 Å². The van der Waals surface area contributed by atoms with Gasteiger partial charge in [0.2, 0.25) is 5.91 Å². The third-order valence-corrected chi connectivity index (χ3v) is 3.94. The Balaban J connectivity index is 1.85. The van der Waals surface area contributed by atoms with Crippen LogP contribution in [0.15, 0.2) is 30.3 Å². The number of nitrogens with two attached hydrogens (primary N) is 1. The molecule has 1 amide bonds. The van der Waals surface area contributed by atoms with Crippen molar-refractivity contribution in [3.63, 3.8) is 0 Å². The molecule has 0 radical (unpaired) electrons. The molecule has 1 aliphatic heterocycles. The van der Waals surface area contributed by atoms with Crippen LogP contribution in [0.3, 0.4) is 0 Å². The number of piperidine rings is 1. The molecule has 1 heterocycles. The number of hydrogen-bond acceptors (Lipinski definition) is 3. The Morgan fingerprint density at radius 1 is 1.45 bits per heavy atom. The largest absolute Gasteiger partial charge is 0.493 e. The highest BCUT2D eigenvalue weighted by molar-refractivity contribution is 5.79. The van der Waals surface area contributed by atoms with Gasteiger partial charge in [-0.1, -0.05) is 25.1 Å². The summed E-state index contributed by atoms with van der Waals surface area (Å²) in [7, 11) is 0. The highest BCUT2D eigenvalue weighted by Gasteiger charge is 2.28. The van der Waals surface area contributed by atoms with Gasteiger partial charge in [-0.25, -0.2) is 0 Å². The van der Waals surface area contributed by atoms with Crippen molar-refractivity contribution in [3.05, 3.63) is 30.3 Å². The molecule has 0 saturated carbocycles. The summed E-state index contributed by atoms with van der Waals surface area (Å²) in [6.45, 7) is 4.58. The average molecular weight is 276 g/mol. The lowest BCUT2D eigenvalue weighted by molar-refractivity contribution is -0.124. The second kappa shape index (κ2) is 7.29. The first-order valence-corrected chi connectivity index (χ1v) is 7.42. The van der Waals surface area contributed by atoms with Crippen molar-refractivity contribution in [1.82, 2.24) is 4.90 Å². The minimum atomic E-state index is -0.211. The Morgan fingerprint density at radius 3 is 2.85 bits per heavy atom. The van der Waals surface area contributed by atoms with E-state index in [0.717, 1.165) is 38.1 Å². The van der Waals surface area contributed by atoms with Gasteiger partial charge in [-0.05, 0) is 37.9 Å². The molecule has 1 aliphatic rings. The zero-order chi connectivity index (χ0) is 14.4. The third-order valence-electron chi connectivity index (χ3n) is 3.94. The summed E-state index contributed by atoms with van der Waals surface area (Å²) in [5.74, 6) is 1.17. The smallest absolute Gasteiger partial charge is 0.234 e. The maximum atomic E-state index is 11.5.